The van der Waals surface area contributed by atoms with Crippen molar-refractivity contribution in [1.29, 1.82) is 0 Å². The third-order valence-electron chi connectivity index (χ3n) is 5.31. The Balaban J connectivity index is 1.56. The minimum absolute atomic E-state index is 0.566. The second-order valence-corrected chi connectivity index (χ2v) is 8.82. The highest BCUT2D eigenvalue weighted by atomic mass is 32.2. The van der Waals surface area contributed by atoms with Crippen LogP contribution in [0.3, 0.4) is 0 Å². The smallest absolute Gasteiger partial charge is 0.0342 e. The zero-order valence-electron chi connectivity index (χ0n) is 13.5. The number of thioether (sulfide) groups is 1. The average Bonchev–Trinajstić information content (AvgIpc) is 2.49. The molecule has 0 aromatic heterocycles. The summed E-state index contributed by atoms with van der Waals surface area (Å²) in [7, 11) is 0. The van der Waals surface area contributed by atoms with Gasteiger partial charge in [0.25, 0.3) is 0 Å². The predicted molar refractivity (Wildman–Crippen MR) is 95.4 cm³/mol. The van der Waals surface area contributed by atoms with E-state index in [1.165, 1.54) is 55.7 Å². The lowest BCUT2D eigenvalue weighted by Crippen LogP contribution is -2.24. The Labute approximate surface area is 134 Å². The highest BCUT2D eigenvalue weighted by Gasteiger charge is 2.27. The van der Waals surface area contributed by atoms with Crippen LogP contribution in [0.25, 0.3) is 0 Å². The van der Waals surface area contributed by atoms with E-state index in [-0.39, 0.29) is 0 Å². The van der Waals surface area contributed by atoms with E-state index in [1.54, 1.807) is 5.56 Å². The molecule has 0 bridgehead atoms. The number of nitrogens with one attached hydrogen (secondary N) is 1. The van der Waals surface area contributed by atoms with Crippen LogP contribution in [0, 0.1) is 5.41 Å². The first-order chi connectivity index (χ1) is 10.1. The first-order valence-corrected chi connectivity index (χ1v) is 9.72. The van der Waals surface area contributed by atoms with Crippen LogP contribution in [0.5, 0.6) is 0 Å². The number of hydrogen-bond donors (Lipinski definition) is 1. The van der Waals surface area contributed by atoms with Gasteiger partial charge in [-0.3, -0.25) is 0 Å². The first-order valence-electron chi connectivity index (χ1n) is 8.57. The topological polar surface area (TPSA) is 12.0 Å². The van der Waals surface area contributed by atoms with E-state index in [1.807, 2.05) is 0 Å². The minimum Gasteiger partial charge on any atom is -0.382 e. The maximum atomic E-state index is 3.71. The Morgan fingerprint density at radius 3 is 2.19 bits per heavy atom. The van der Waals surface area contributed by atoms with Crippen molar-refractivity contribution in [3.05, 3.63) is 29.8 Å². The van der Waals surface area contributed by atoms with Crippen LogP contribution in [-0.2, 0) is 0 Å². The highest BCUT2D eigenvalue weighted by molar-refractivity contribution is 7.99. The Hall–Kier alpha value is -0.630. The molecule has 0 amide bonds. The predicted octanol–water partition coefficient (Wildman–Crippen LogP) is 5.68. The van der Waals surface area contributed by atoms with Gasteiger partial charge in [-0.2, -0.15) is 11.8 Å². The largest absolute Gasteiger partial charge is 0.382 e. The van der Waals surface area contributed by atoms with Crippen LogP contribution in [0.4, 0.5) is 5.69 Å². The molecule has 0 unspecified atom stereocenters. The molecule has 0 radical (unpaired) electrons. The molecule has 21 heavy (non-hydrogen) atoms. The van der Waals surface area contributed by atoms with Crippen molar-refractivity contribution in [2.24, 2.45) is 5.41 Å². The van der Waals surface area contributed by atoms with E-state index < -0.39 is 0 Å². The van der Waals surface area contributed by atoms with Crippen LogP contribution in [0.2, 0.25) is 0 Å². The summed E-state index contributed by atoms with van der Waals surface area (Å²) in [5.41, 5.74) is 3.43. The summed E-state index contributed by atoms with van der Waals surface area (Å²) in [6, 6.07) is 10.0. The Kier molecular flexibility index (Phi) is 4.83. The fourth-order valence-corrected chi connectivity index (χ4v) is 4.77. The Morgan fingerprint density at radius 1 is 0.952 bits per heavy atom. The van der Waals surface area contributed by atoms with E-state index in [0.717, 1.165) is 5.92 Å². The molecule has 1 N–H and O–H groups in total. The van der Waals surface area contributed by atoms with Gasteiger partial charge in [0.05, 0.1) is 0 Å². The van der Waals surface area contributed by atoms with Gasteiger partial charge in [0.2, 0.25) is 0 Å². The number of hydrogen-bond acceptors (Lipinski definition) is 2. The van der Waals surface area contributed by atoms with E-state index in [0.29, 0.717) is 11.5 Å². The Morgan fingerprint density at radius 2 is 1.57 bits per heavy atom. The van der Waals surface area contributed by atoms with Gasteiger partial charge in [-0.15, -0.1) is 0 Å². The summed E-state index contributed by atoms with van der Waals surface area (Å²) in [4.78, 5) is 0. The summed E-state index contributed by atoms with van der Waals surface area (Å²) in [5.74, 6) is 3.42. The Bertz CT molecular complexity index is 435. The summed E-state index contributed by atoms with van der Waals surface area (Å²) >= 11 is 2.09. The van der Waals surface area contributed by atoms with E-state index >= 15 is 0 Å². The van der Waals surface area contributed by atoms with Crippen molar-refractivity contribution in [3.63, 3.8) is 0 Å². The minimum atomic E-state index is 0.566. The third-order valence-corrected chi connectivity index (χ3v) is 6.36. The lowest BCUT2D eigenvalue weighted by molar-refractivity contribution is 0.224. The molecule has 3 rings (SSSR count). The fourth-order valence-electron chi connectivity index (χ4n) is 3.66. The standard InChI is InChI=1S/C19H29NS/c1-19(2)11-7-16(8-12-19)15-3-5-17(6-4-15)20-18-9-13-21-14-10-18/h3-6,16,18,20H,7-14H2,1-2H3. The van der Waals surface area contributed by atoms with E-state index in [2.05, 4.69) is 55.2 Å². The molecular weight excluding hydrogens is 274 g/mol. The van der Waals surface area contributed by atoms with Gasteiger partial charge in [0.15, 0.2) is 0 Å². The van der Waals surface area contributed by atoms with Gasteiger partial charge in [-0.1, -0.05) is 26.0 Å². The van der Waals surface area contributed by atoms with Crippen LogP contribution in [0.1, 0.15) is 63.9 Å². The molecule has 1 aliphatic heterocycles. The van der Waals surface area contributed by atoms with Crippen molar-refractivity contribution in [2.75, 3.05) is 16.8 Å². The molecule has 2 heteroatoms. The zero-order valence-corrected chi connectivity index (χ0v) is 14.3. The second-order valence-electron chi connectivity index (χ2n) is 7.59. The molecule has 1 aliphatic carbocycles. The van der Waals surface area contributed by atoms with Crippen LogP contribution in [-0.4, -0.2) is 17.5 Å². The van der Waals surface area contributed by atoms with Gasteiger partial charge in [0, 0.05) is 11.7 Å². The highest BCUT2D eigenvalue weighted by Crippen LogP contribution is 2.42. The molecule has 116 valence electrons. The van der Waals surface area contributed by atoms with E-state index in [9.17, 15) is 0 Å². The quantitative estimate of drug-likeness (QED) is 0.771. The van der Waals surface area contributed by atoms with Crippen molar-refractivity contribution in [3.8, 4) is 0 Å². The molecular formula is C19H29NS. The van der Waals surface area contributed by atoms with Gasteiger partial charge in [-0.05, 0) is 79.1 Å². The molecule has 0 spiro atoms. The van der Waals surface area contributed by atoms with Crippen LogP contribution < -0.4 is 5.32 Å². The van der Waals surface area contributed by atoms with Gasteiger partial charge in [-0.25, -0.2) is 0 Å². The molecule has 1 nitrogen and oxygen atoms in total. The fraction of sp³-hybridized carbons (Fsp3) is 0.684. The molecule has 1 heterocycles. The van der Waals surface area contributed by atoms with Crippen LogP contribution in [0.15, 0.2) is 24.3 Å². The summed E-state index contributed by atoms with van der Waals surface area (Å²) in [5, 5.41) is 3.71. The number of benzene rings is 1. The molecule has 1 saturated heterocycles. The first kappa shape index (κ1) is 15.3. The van der Waals surface area contributed by atoms with Crippen molar-refractivity contribution in [1.82, 2.24) is 0 Å². The van der Waals surface area contributed by atoms with Crippen LogP contribution >= 0.6 is 11.8 Å². The number of anilines is 1. The van der Waals surface area contributed by atoms with Gasteiger partial charge in [0.1, 0.15) is 0 Å². The third kappa shape index (κ3) is 4.18. The average molecular weight is 304 g/mol. The van der Waals surface area contributed by atoms with Crippen molar-refractivity contribution >= 4 is 17.4 Å². The summed E-state index contributed by atoms with van der Waals surface area (Å²) in [6.45, 7) is 4.83. The molecule has 2 aliphatic rings. The molecule has 1 aromatic carbocycles. The lowest BCUT2D eigenvalue weighted by Gasteiger charge is -2.34. The zero-order chi connectivity index (χ0) is 14.7. The normalized spacial score (nSPS) is 23.9. The summed E-state index contributed by atoms with van der Waals surface area (Å²) < 4.78 is 0. The molecule has 2 fully saturated rings. The van der Waals surface area contributed by atoms with Crippen molar-refractivity contribution in [2.45, 2.75) is 64.3 Å². The SMILES string of the molecule is CC1(C)CCC(c2ccc(NC3CCSCC3)cc2)CC1. The lowest BCUT2D eigenvalue weighted by atomic mass is 9.71. The molecule has 0 atom stereocenters. The summed E-state index contributed by atoms with van der Waals surface area (Å²) in [6.07, 6.45) is 8.09. The maximum absolute atomic E-state index is 3.71. The second kappa shape index (κ2) is 6.64. The van der Waals surface area contributed by atoms with Gasteiger partial charge < -0.3 is 5.32 Å². The number of rotatable bonds is 3. The molecule has 1 saturated carbocycles. The maximum Gasteiger partial charge on any atom is 0.0342 e. The molecule has 1 aromatic rings. The van der Waals surface area contributed by atoms with Gasteiger partial charge >= 0.3 is 0 Å². The monoisotopic (exact) mass is 303 g/mol. The van der Waals surface area contributed by atoms with Crippen molar-refractivity contribution < 1.29 is 0 Å². The van der Waals surface area contributed by atoms with E-state index in [4.69, 9.17) is 0 Å².